The topological polar surface area (TPSA) is 60.7 Å². The Labute approximate surface area is 328 Å². The zero-order chi connectivity index (χ0) is 38.0. The molecule has 11 rings (SSSR count). The molecule has 262 valence electrons. The van der Waals surface area contributed by atoms with E-state index in [1.54, 1.807) is 0 Å². The van der Waals surface area contributed by atoms with Crippen molar-refractivity contribution in [3.05, 3.63) is 193 Å². The molecule has 10 aromatic carbocycles. The summed E-state index contributed by atoms with van der Waals surface area (Å²) in [5.41, 5.74) is 11.5. The number of benzene rings is 10. The first-order valence-electron chi connectivity index (χ1n) is 19.0. The Kier molecular flexibility index (Phi) is 7.30. The van der Waals surface area contributed by atoms with Crippen molar-refractivity contribution in [2.75, 3.05) is 0 Å². The van der Waals surface area contributed by atoms with Crippen molar-refractivity contribution in [1.29, 1.82) is 10.5 Å². The van der Waals surface area contributed by atoms with Crippen molar-refractivity contribution in [2.24, 2.45) is 0 Å². The minimum Gasteiger partial charge on any atom is -0.456 e. The second-order valence-electron chi connectivity index (χ2n) is 14.5. The number of nitriles is 2. The number of hydrogen-bond donors (Lipinski definition) is 0. The highest BCUT2D eigenvalue weighted by Gasteiger charge is 2.21. The smallest absolute Gasteiger partial charge is 0.136 e. The van der Waals surface area contributed by atoms with Crippen molar-refractivity contribution in [3.63, 3.8) is 0 Å². The van der Waals surface area contributed by atoms with Crippen LogP contribution in [0.2, 0.25) is 0 Å². The zero-order valence-electron chi connectivity index (χ0n) is 30.6. The van der Waals surface area contributed by atoms with E-state index in [0.29, 0.717) is 11.1 Å². The van der Waals surface area contributed by atoms with E-state index in [4.69, 9.17) is 4.42 Å². The van der Waals surface area contributed by atoms with Crippen LogP contribution < -0.4 is 0 Å². The SMILES string of the molecule is N#Cc1ccccc1-c1c2ccccc2c(-c2ccc3c(c2)oc2ccc(-c4c5ccccc5c(-c5ccccc5C#N)c5ccccc45)cc23)c2ccccc12. The molecule has 0 unspecified atom stereocenters. The molecule has 0 saturated carbocycles. The number of furan rings is 1. The predicted octanol–water partition coefficient (Wildman–Crippen LogP) is 14.6. The van der Waals surface area contributed by atoms with Gasteiger partial charge in [0.1, 0.15) is 11.2 Å². The van der Waals surface area contributed by atoms with Crippen molar-refractivity contribution in [3.8, 4) is 56.6 Å². The van der Waals surface area contributed by atoms with Gasteiger partial charge in [0, 0.05) is 21.9 Å². The first-order chi connectivity index (χ1) is 28.2. The highest BCUT2D eigenvalue weighted by molar-refractivity contribution is 6.24. The van der Waals surface area contributed by atoms with Crippen LogP contribution in [0, 0.1) is 22.7 Å². The van der Waals surface area contributed by atoms with Crippen molar-refractivity contribution in [2.45, 2.75) is 0 Å². The minimum absolute atomic E-state index is 0.657. The molecule has 57 heavy (non-hydrogen) atoms. The lowest BCUT2D eigenvalue weighted by Crippen LogP contribution is -1.92. The van der Waals surface area contributed by atoms with Crippen LogP contribution in [0.5, 0.6) is 0 Å². The molecule has 0 amide bonds. The van der Waals surface area contributed by atoms with Gasteiger partial charge in [-0.1, -0.05) is 146 Å². The Morgan fingerprint density at radius 2 is 0.667 bits per heavy atom. The predicted molar refractivity (Wildman–Crippen MR) is 235 cm³/mol. The monoisotopic (exact) mass is 722 g/mol. The molecule has 11 aromatic rings. The van der Waals surface area contributed by atoms with Crippen LogP contribution in [0.1, 0.15) is 11.1 Å². The molecule has 0 N–H and O–H groups in total. The third kappa shape index (κ3) is 4.90. The van der Waals surface area contributed by atoms with Crippen molar-refractivity contribution >= 4 is 65.0 Å². The van der Waals surface area contributed by atoms with Gasteiger partial charge in [0.05, 0.1) is 23.3 Å². The Morgan fingerprint density at radius 3 is 1.11 bits per heavy atom. The summed E-state index contributed by atoms with van der Waals surface area (Å²) in [5.74, 6) is 0. The maximum Gasteiger partial charge on any atom is 0.136 e. The quantitative estimate of drug-likeness (QED) is 0.170. The first-order valence-corrected chi connectivity index (χ1v) is 19.0. The Bertz CT molecular complexity index is 3440. The van der Waals surface area contributed by atoms with Gasteiger partial charge in [-0.3, -0.25) is 0 Å². The van der Waals surface area contributed by atoms with E-state index in [-0.39, 0.29) is 0 Å². The first kappa shape index (κ1) is 32.5. The third-order valence-corrected chi connectivity index (χ3v) is 11.5. The van der Waals surface area contributed by atoms with E-state index >= 15 is 0 Å². The zero-order valence-corrected chi connectivity index (χ0v) is 30.6. The van der Waals surface area contributed by atoms with Crippen LogP contribution in [-0.2, 0) is 0 Å². The molecule has 0 bridgehead atoms. The van der Waals surface area contributed by atoms with Crippen LogP contribution in [0.4, 0.5) is 0 Å². The Hall–Kier alpha value is -7.98. The molecule has 1 aromatic heterocycles. The molecule has 0 fully saturated rings. The minimum atomic E-state index is 0.657. The second-order valence-corrected chi connectivity index (χ2v) is 14.5. The van der Waals surface area contributed by atoms with E-state index in [1.165, 1.54) is 0 Å². The van der Waals surface area contributed by atoms with E-state index in [9.17, 15) is 10.5 Å². The molecule has 0 aliphatic carbocycles. The molecule has 3 nitrogen and oxygen atoms in total. The molecule has 0 spiro atoms. The van der Waals surface area contributed by atoms with Gasteiger partial charge in [0.25, 0.3) is 0 Å². The summed E-state index contributed by atoms with van der Waals surface area (Å²) in [7, 11) is 0. The summed E-state index contributed by atoms with van der Waals surface area (Å²) in [6, 6.07) is 67.8. The average Bonchev–Trinajstić information content (AvgIpc) is 3.64. The lowest BCUT2D eigenvalue weighted by Gasteiger charge is -2.18. The highest BCUT2D eigenvalue weighted by atomic mass is 16.3. The fourth-order valence-electron chi connectivity index (χ4n) is 9.14. The van der Waals surface area contributed by atoms with Gasteiger partial charge in [-0.2, -0.15) is 10.5 Å². The summed E-state index contributed by atoms with van der Waals surface area (Å²) in [5, 5.41) is 31.2. The molecule has 0 aliphatic heterocycles. The van der Waals surface area contributed by atoms with Gasteiger partial charge in [0.15, 0.2) is 0 Å². The lowest BCUT2D eigenvalue weighted by atomic mass is 9.84. The van der Waals surface area contributed by atoms with Gasteiger partial charge >= 0.3 is 0 Å². The van der Waals surface area contributed by atoms with Crippen LogP contribution in [0.15, 0.2) is 186 Å². The van der Waals surface area contributed by atoms with Crippen LogP contribution in [-0.4, -0.2) is 0 Å². The van der Waals surface area contributed by atoms with Gasteiger partial charge < -0.3 is 4.42 Å². The Balaban J connectivity index is 1.12. The van der Waals surface area contributed by atoms with Gasteiger partial charge in [0.2, 0.25) is 0 Å². The molecule has 0 atom stereocenters. The normalized spacial score (nSPS) is 11.5. The fraction of sp³-hybridized carbons (Fsp3) is 0. The van der Waals surface area contributed by atoms with Gasteiger partial charge in [-0.25, -0.2) is 0 Å². The number of nitrogens with zero attached hydrogens (tertiary/aromatic N) is 2. The van der Waals surface area contributed by atoms with Crippen LogP contribution in [0.25, 0.3) is 110 Å². The molecule has 0 radical (unpaired) electrons. The highest BCUT2D eigenvalue weighted by Crippen LogP contribution is 2.47. The van der Waals surface area contributed by atoms with Crippen LogP contribution >= 0.6 is 0 Å². The van der Waals surface area contributed by atoms with E-state index < -0.39 is 0 Å². The maximum atomic E-state index is 10.1. The summed E-state index contributed by atoms with van der Waals surface area (Å²) in [6.45, 7) is 0. The summed E-state index contributed by atoms with van der Waals surface area (Å²) < 4.78 is 6.66. The van der Waals surface area contributed by atoms with E-state index in [0.717, 1.165) is 110 Å². The molecule has 1 heterocycles. The van der Waals surface area contributed by atoms with Crippen LogP contribution in [0.3, 0.4) is 0 Å². The number of hydrogen-bond acceptors (Lipinski definition) is 3. The molecular formula is C54H30N2O. The third-order valence-electron chi connectivity index (χ3n) is 11.5. The van der Waals surface area contributed by atoms with E-state index in [2.05, 4.69) is 158 Å². The molecule has 3 heteroatoms. The molecule has 0 aliphatic rings. The largest absolute Gasteiger partial charge is 0.456 e. The summed E-state index contributed by atoms with van der Waals surface area (Å²) in [6.07, 6.45) is 0. The van der Waals surface area contributed by atoms with Crippen molar-refractivity contribution < 1.29 is 4.42 Å². The average molecular weight is 723 g/mol. The summed E-state index contributed by atoms with van der Waals surface area (Å²) >= 11 is 0. The van der Waals surface area contributed by atoms with E-state index in [1.807, 2.05) is 36.4 Å². The lowest BCUT2D eigenvalue weighted by molar-refractivity contribution is 0.669. The number of fused-ring (bicyclic) bond motifs is 7. The fourth-order valence-corrected chi connectivity index (χ4v) is 9.14. The molecular weight excluding hydrogens is 693 g/mol. The Morgan fingerprint density at radius 1 is 0.298 bits per heavy atom. The standard InChI is InChI=1S/C54H30N2O/c55-31-35-13-1-3-15-37(35)53-44-21-9-5-17-40(44)51(41-18-6-10-22-45(41)53)33-26-28-49-48(29-33)39-27-25-34(30-50(39)57-49)52-42-19-7-11-23-46(42)54(47-24-12-8-20-43(47)52)38-16-4-2-14-36(38)32-56/h1-30H. The second kappa shape index (κ2) is 12.8. The molecule has 0 saturated heterocycles. The number of rotatable bonds is 4. The van der Waals surface area contributed by atoms with Gasteiger partial charge in [-0.05, 0) is 113 Å². The van der Waals surface area contributed by atoms with Gasteiger partial charge in [-0.15, -0.1) is 0 Å². The maximum absolute atomic E-state index is 10.1. The summed E-state index contributed by atoms with van der Waals surface area (Å²) in [4.78, 5) is 0. The van der Waals surface area contributed by atoms with Crippen molar-refractivity contribution in [1.82, 2.24) is 0 Å².